The largest absolute Gasteiger partial charge is 0.460 e. The third kappa shape index (κ3) is 3.67. The monoisotopic (exact) mass is 354 g/mol. The van der Waals surface area contributed by atoms with Crippen LogP contribution in [0.15, 0.2) is 40.8 Å². The molecule has 25 heavy (non-hydrogen) atoms. The second kappa shape index (κ2) is 6.27. The lowest BCUT2D eigenvalue weighted by molar-refractivity contribution is -0.147. The van der Waals surface area contributed by atoms with Gasteiger partial charge in [0.25, 0.3) is 0 Å². The van der Waals surface area contributed by atoms with Crippen molar-refractivity contribution in [2.45, 2.75) is 31.7 Å². The lowest BCUT2D eigenvalue weighted by Gasteiger charge is -2.08. The van der Waals surface area contributed by atoms with E-state index in [1.165, 1.54) is 24.3 Å². The van der Waals surface area contributed by atoms with E-state index >= 15 is 0 Å². The van der Waals surface area contributed by atoms with E-state index in [2.05, 4.69) is 0 Å². The van der Waals surface area contributed by atoms with Gasteiger partial charge in [0.1, 0.15) is 11.9 Å². The van der Waals surface area contributed by atoms with Gasteiger partial charge >= 0.3 is 18.1 Å². The molecule has 1 aliphatic heterocycles. The summed E-state index contributed by atoms with van der Waals surface area (Å²) in [6.07, 6.45) is -5.59. The summed E-state index contributed by atoms with van der Waals surface area (Å²) in [6, 6.07) is 7.18. The number of hydrogen-bond acceptors (Lipinski definition) is 5. The molecule has 0 amide bonds. The van der Waals surface area contributed by atoms with Crippen molar-refractivity contribution in [2.24, 2.45) is 0 Å². The molecular formula is C17H13F3O5. The van der Waals surface area contributed by atoms with Crippen LogP contribution in [0.5, 0.6) is 0 Å². The van der Waals surface area contributed by atoms with Crippen molar-refractivity contribution in [2.75, 3.05) is 0 Å². The van der Waals surface area contributed by atoms with Gasteiger partial charge in [-0.1, -0.05) is 12.1 Å². The number of hydrogen-bond donors (Lipinski definition) is 0. The van der Waals surface area contributed by atoms with Crippen LogP contribution in [-0.2, 0) is 20.4 Å². The second-order valence-electron chi connectivity index (χ2n) is 5.62. The quantitative estimate of drug-likeness (QED) is 0.784. The molecule has 0 aliphatic carbocycles. The van der Waals surface area contributed by atoms with Crippen LogP contribution in [0.4, 0.5) is 13.2 Å². The highest BCUT2D eigenvalue weighted by atomic mass is 19.4. The zero-order valence-corrected chi connectivity index (χ0v) is 13.0. The van der Waals surface area contributed by atoms with Crippen LogP contribution >= 0.6 is 0 Å². The lowest BCUT2D eigenvalue weighted by Crippen LogP contribution is -2.22. The summed E-state index contributed by atoms with van der Waals surface area (Å²) in [6.45, 7) is 1.67. The number of ether oxygens (including phenoxy) is 2. The van der Waals surface area contributed by atoms with Crippen LogP contribution in [0.1, 0.15) is 29.5 Å². The van der Waals surface area contributed by atoms with Crippen LogP contribution in [0.3, 0.4) is 0 Å². The van der Waals surface area contributed by atoms with Gasteiger partial charge in [0.05, 0.1) is 5.56 Å². The first-order valence-electron chi connectivity index (χ1n) is 7.43. The first-order valence-corrected chi connectivity index (χ1v) is 7.43. The van der Waals surface area contributed by atoms with Crippen LogP contribution < -0.4 is 0 Å². The van der Waals surface area contributed by atoms with E-state index in [1.807, 2.05) is 0 Å². The number of furan rings is 1. The normalized spacial score (nSPS) is 20.4. The van der Waals surface area contributed by atoms with Gasteiger partial charge in [-0.05, 0) is 31.2 Å². The fraction of sp³-hybridized carbons (Fsp3) is 0.294. The molecule has 1 aromatic heterocycles. The number of alkyl halides is 3. The van der Waals surface area contributed by atoms with Crippen LogP contribution in [0, 0.1) is 0 Å². The van der Waals surface area contributed by atoms with Crippen molar-refractivity contribution in [1.29, 1.82) is 0 Å². The van der Waals surface area contributed by atoms with E-state index in [4.69, 9.17) is 13.9 Å². The molecule has 0 radical (unpaired) electrons. The van der Waals surface area contributed by atoms with Gasteiger partial charge in [-0.3, -0.25) is 0 Å². The van der Waals surface area contributed by atoms with Crippen molar-refractivity contribution in [3.8, 4) is 11.3 Å². The molecule has 0 spiro atoms. The lowest BCUT2D eigenvalue weighted by atomic mass is 10.1. The van der Waals surface area contributed by atoms with Gasteiger partial charge in [-0.2, -0.15) is 13.2 Å². The van der Waals surface area contributed by atoms with Gasteiger partial charge in [-0.15, -0.1) is 0 Å². The molecular weight excluding hydrogens is 341 g/mol. The smallest absolute Gasteiger partial charge is 0.416 e. The first-order chi connectivity index (χ1) is 11.7. The minimum atomic E-state index is -4.48. The van der Waals surface area contributed by atoms with Gasteiger partial charge in [0.2, 0.25) is 11.9 Å². The van der Waals surface area contributed by atoms with Gasteiger partial charge in [0, 0.05) is 12.0 Å². The maximum atomic E-state index is 12.8. The van der Waals surface area contributed by atoms with Crippen molar-refractivity contribution >= 4 is 11.9 Å². The molecule has 132 valence electrons. The summed E-state index contributed by atoms with van der Waals surface area (Å²) >= 11 is 0. The summed E-state index contributed by atoms with van der Waals surface area (Å²) in [5, 5.41) is 0. The average Bonchev–Trinajstić information content (AvgIpc) is 3.14. The Morgan fingerprint density at radius 2 is 2.00 bits per heavy atom. The number of benzene rings is 1. The predicted molar refractivity (Wildman–Crippen MR) is 78.5 cm³/mol. The van der Waals surface area contributed by atoms with E-state index in [0.717, 1.165) is 12.1 Å². The summed E-state index contributed by atoms with van der Waals surface area (Å²) < 4.78 is 53.5. The van der Waals surface area contributed by atoms with Gasteiger partial charge in [0.15, 0.2) is 0 Å². The van der Waals surface area contributed by atoms with E-state index in [0.29, 0.717) is 0 Å². The highest BCUT2D eigenvalue weighted by Gasteiger charge is 2.36. The SMILES string of the molecule is CC1CC(OC(=O)c2ccc(-c3cccc(C(F)(F)F)c3)o2)C(=O)O1. The maximum absolute atomic E-state index is 12.8. The van der Waals surface area contributed by atoms with E-state index in [1.54, 1.807) is 6.92 Å². The van der Waals surface area contributed by atoms with Crippen LogP contribution in [-0.4, -0.2) is 24.1 Å². The van der Waals surface area contributed by atoms with E-state index in [-0.39, 0.29) is 29.6 Å². The van der Waals surface area contributed by atoms with E-state index < -0.39 is 29.8 Å². The number of esters is 2. The highest BCUT2D eigenvalue weighted by Crippen LogP contribution is 2.32. The van der Waals surface area contributed by atoms with Crippen molar-refractivity contribution in [1.82, 2.24) is 0 Å². The zero-order chi connectivity index (χ0) is 18.2. The Bertz CT molecular complexity index is 809. The minimum absolute atomic E-state index is 0.0837. The summed E-state index contributed by atoms with van der Waals surface area (Å²) in [5.74, 6) is -1.64. The van der Waals surface area contributed by atoms with Crippen LogP contribution in [0.2, 0.25) is 0 Å². The summed E-state index contributed by atoms with van der Waals surface area (Å²) in [5.41, 5.74) is -0.656. The predicted octanol–water partition coefficient (Wildman–Crippen LogP) is 3.83. The molecule has 0 bridgehead atoms. The molecule has 2 atom stereocenters. The first kappa shape index (κ1) is 17.1. The molecule has 1 saturated heterocycles. The Kier molecular flexibility index (Phi) is 4.28. The molecule has 2 heterocycles. The van der Waals surface area contributed by atoms with Crippen molar-refractivity contribution in [3.05, 3.63) is 47.7 Å². The molecule has 1 aromatic carbocycles. The summed E-state index contributed by atoms with van der Waals surface area (Å²) in [7, 11) is 0. The maximum Gasteiger partial charge on any atom is 0.416 e. The third-order valence-corrected chi connectivity index (χ3v) is 3.66. The zero-order valence-electron chi connectivity index (χ0n) is 13.0. The molecule has 2 aromatic rings. The second-order valence-corrected chi connectivity index (χ2v) is 5.62. The van der Waals surface area contributed by atoms with E-state index in [9.17, 15) is 22.8 Å². The standard InChI is InChI=1S/C17H13F3O5/c1-9-7-14(16(22)23-9)25-15(21)13-6-5-12(24-13)10-3-2-4-11(8-10)17(18,19)20/h2-6,8-9,14H,7H2,1H3. The number of carbonyl (C=O) groups excluding carboxylic acids is 2. The van der Waals surface area contributed by atoms with Gasteiger partial charge in [-0.25, -0.2) is 9.59 Å². The topological polar surface area (TPSA) is 65.7 Å². The number of halogens is 3. The molecule has 0 N–H and O–H groups in total. The number of cyclic esters (lactones) is 1. The number of rotatable bonds is 3. The molecule has 2 unspecified atom stereocenters. The van der Waals surface area contributed by atoms with Crippen LogP contribution in [0.25, 0.3) is 11.3 Å². The molecule has 1 aliphatic rings. The highest BCUT2D eigenvalue weighted by molar-refractivity contribution is 5.90. The molecule has 8 heteroatoms. The fourth-order valence-electron chi connectivity index (χ4n) is 2.46. The Morgan fingerprint density at radius 1 is 1.24 bits per heavy atom. The van der Waals surface area contributed by atoms with Crippen molar-refractivity contribution in [3.63, 3.8) is 0 Å². The third-order valence-electron chi connectivity index (χ3n) is 3.66. The van der Waals surface area contributed by atoms with Gasteiger partial charge < -0.3 is 13.9 Å². The van der Waals surface area contributed by atoms with Crippen molar-refractivity contribution < 1.29 is 36.7 Å². The molecule has 0 saturated carbocycles. The Morgan fingerprint density at radius 3 is 2.64 bits per heavy atom. The molecule has 1 fully saturated rings. The Balaban J connectivity index is 1.76. The average molecular weight is 354 g/mol. The summed E-state index contributed by atoms with van der Waals surface area (Å²) in [4.78, 5) is 23.5. The Labute approximate surface area is 140 Å². The Hall–Kier alpha value is -2.77. The fourth-order valence-corrected chi connectivity index (χ4v) is 2.46. The number of carbonyl (C=O) groups is 2. The molecule has 3 rings (SSSR count). The minimum Gasteiger partial charge on any atom is -0.460 e. The molecule has 5 nitrogen and oxygen atoms in total.